The van der Waals surface area contributed by atoms with Gasteiger partial charge >= 0.3 is 6.09 Å². The van der Waals surface area contributed by atoms with Gasteiger partial charge in [0.2, 0.25) is 5.91 Å². The van der Waals surface area contributed by atoms with E-state index in [0.717, 1.165) is 21.6 Å². The first-order chi connectivity index (χ1) is 15.6. The van der Waals surface area contributed by atoms with Gasteiger partial charge in [0.05, 0.1) is 12.1 Å². The molecule has 0 saturated heterocycles. The molecule has 0 spiro atoms. The predicted molar refractivity (Wildman–Crippen MR) is 123 cm³/mol. The Bertz CT molecular complexity index is 1230. The zero-order valence-electron chi connectivity index (χ0n) is 17.6. The van der Waals surface area contributed by atoms with Crippen molar-refractivity contribution in [1.29, 1.82) is 5.26 Å². The summed E-state index contributed by atoms with van der Waals surface area (Å²) in [6.07, 6.45) is 0.0334. The molecule has 0 bridgehead atoms. The highest BCUT2D eigenvalue weighted by atomic mass is 32.1. The minimum atomic E-state index is -0.578. The standard InChI is InChI=1S/C25H21N3O3S/c1-15(29)28-11-10-20-21(12-26)24(32-23(20)13-28)27-25(30)31-14-22-18-8-4-2-6-16(18)17-7-3-5-9-19(17)22/h2-9,22H,10-11,13-14H2,1H3,(H,27,30). The number of hydrogen-bond donors (Lipinski definition) is 1. The summed E-state index contributed by atoms with van der Waals surface area (Å²) >= 11 is 1.34. The first kappa shape index (κ1) is 20.3. The molecule has 32 heavy (non-hydrogen) atoms. The Morgan fingerprint density at radius 1 is 1.16 bits per heavy atom. The van der Waals surface area contributed by atoms with Gasteiger partial charge < -0.3 is 9.64 Å². The van der Waals surface area contributed by atoms with Crippen LogP contribution in [0.5, 0.6) is 0 Å². The van der Waals surface area contributed by atoms with Crippen LogP contribution in [-0.2, 0) is 22.5 Å². The zero-order valence-corrected chi connectivity index (χ0v) is 18.4. The van der Waals surface area contributed by atoms with Crippen molar-refractivity contribution in [2.75, 3.05) is 18.5 Å². The minimum Gasteiger partial charge on any atom is -0.448 e. The molecule has 0 unspecified atom stereocenters. The van der Waals surface area contributed by atoms with Crippen LogP contribution in [0.4, 0.5) is 9.80 Å². The molecule has 2 aliphatic rings. The SMILES string of the molecule is CC(=O)N1CCc2c(sc(NC(=O)OCC3c4ccccc4-c4ccccc43)c2C#N)C1. The van der Waals surface area contributed by atoms with E-state index in [2.05, 4.69) is 35.7 Å². The van der Waals surface area contributed by atoms with Gasteiger partial charge in [-0.25, -0.2) is 4.79 Å². The second kappa shape index (κ2) is 8.13. The predicted octanol–water partition coefficient (Wildman–Crippen LogP) is 4.89. The summed E-state index contributed by atoms with van der Waals surface area (Å²) in [5.74, 6) is -0.0159. The molecule has 5 rings (SSSR count). The summed E-state index contributed by atoms with van der Waals surface area (Å²) < 4.78 is 5.62. The van der Waals surface area contributed by atoms with Crippen molar-refractivity contribution in [3.8, 4) is 17.2 Å². The molecular weight excluding hydrogens is 422 g/mol. The van der Waals surface area contributed by atoms with E-state index in [4.69, 9.17) is 4.74 Å². The molecule has 7 heteroatoms. The molecule has 1 aromatic heterocycles. The first-order valence-electron chi connectivity index (χ1n) is 10.5. The molecular formula is C25H21N3O3S. The maximum atomic E-state index is 12.6. The maximum absolute atomic E-state index is 12.6. The number of carbonyl (C=O) groups is 2. The maximum Gasteiger partial charge on any atom is 0.412 e. The molecule has 2 amide bonds. The number of ether oxygens (including phenoxy) is 1. The summed E-state index contributed by atoms with van der Waals surface area (Å²) in [6.45, 7) is 2.80. The highest BCUT2D eigenvalue weighted by Gasteiger charge is 2.30. The average molecular weight is 444 g/mol. The summed E-state index contributed by atoms with van der Waals surface area (Å²) in [6, 6.07) is 18.6. The third kappa shape index (κ3) is 3.43. The number of benzene rings is 2. The highest BCUT2D eigenvalue weighted by molar-refractivity contribution is 7.16. The topological polar surface area (TPSA) is 82.4 Å². The molecule has 0 fully saturated rings. The van der Waals surface area contributed by atoms with Gasteiger partial charge in [0.25, 0.3) is 0 Å². The molecule has 3 aromatic rings. The van der Waals surface area contributed by atoms with Crippen molar-refractivity contribution in [1.82, 2.24) is 4.90 Å². The molecule has 0 saturated carbocycles. The van der Waals surface area contributed by atoms with Gasteiger partial charge in [0.15, 0.2) is 0 Å². The third-order valence-electron chi connectivity index (χ3n) is 6.17. The van der Waals surface area contributed by atoms with E-state index >= 15 is 0 Å². The van der Waals surface area contributed by atoms with Gasteiger partial charge in [-0.3, -0.25) is 10.1 Å². The normalized spacial score (nSPS) is 14.2. The number of nitriles is 1. The molecule has 1 aliphatic carbocycles. The van der Waals surface area contributed by atoms with Gasteiger partial charge in [0, 0.05) is 24.3 Å². The van der Waals surface area contributed by atoms with Crippen LogP contribution in [0.25, 0.3) is 11.1 Å². The smallest absolute Gasteiger partial charge is 0.412 e. The molecule has 2 aromatic carbocycles. The van der Waals surface area contributed by atoms with E-state index in [1.807, 2.05) is 24.3 Å². The molecule has 160 valence electrons. The van der Waals surface area contributed by atoms with Crippen LogP contribution in [0.3, 0.4) is 0 Å². The lowest BCUT2D eigenvalue weighted by molar-refractivity contribution is -0.129. The fourth-order valence-electron chi connectivity index (χ4n) is 4.61. The Labute approximate surface area is 190 Å². The van der Waals surface area contributed by atoms with E-state index < -0.39 is 6.09 Å². The second-order valence-corrected chi connectivity index (χ2v) is 9.07. The van der Waals surface area contributed by atoms with Crippen LogP contribution in [0.2, 0.25) is 0 Å². The summed E-state index contributed by atoms with van der Waals surface area (Å²) in [5.41, 5.74) is 6.03. The summed E-state index contributed by atoms with van der Waals surface area (Å²) in [7, 11) is 0. The third-order valence-corrected chi connectivity index (χ3v) is 7.31. The lowest BCUT2D eigenvalue weighted by atomic mass is 9.98. The molecule has 0 atom stereocenters. The van der Waals surface area contributed by atoms with E-state index in [9.17, 15) is 14.9 Å². The van der Waals surface area contributed by atoms with Gasteiger partial charge in [-0.05, 0) is 34.2 Å². The van der Waals surface area contributed by atoms with Crippen LogP contribution in [0.15, 0.2) is 48.5 Å². The molecule has 1 N–H and O–H groups in total. The number of anilines is 1. The van der Waals surface area contributed by atoms with Crippen molar-refractivity contribution in [3.63, 3.8) is 0 Å². The fourth-order valence-corrected chi connectivity index (χ4v) is 5.81. The van der Waals surface area contributed by atoms with Crippen molar-refractivity contribution >= 4 is 28.3 Å². The van der Waals surface area contributed by atoms with Crippen molar-refractivity contribution < 1.29 is 14.3 Å². The largest absolute Gasteiger partial charge is 0.448 e. The van der Waals surface area contributed by atoms with Crippen LogP contribution in [0, 0.1) is 11.3 Å². The van der Waals surface area contributed by atoms with Crippen LogP contribution < -0.4 is 5.32 Å². The Morgan fingerprint density at radius 2 is 1.81 bits per heavy atom. The first-order valence-corrected chi connectivity index (χ1v) is 11.3. The lowest BCUT2D eigenvalue weighted by Gasteiger charge is -2.25. The fraction of sp³-hybridized carbons (Fsp3) is 0.240. The van der Waals surface area contributed by atoms with Gasteiger partial charge in [-0.15, -0.1) is 11.3 Å². The van der Waals surface area contributed by atoms with E-state index in [1.165, 1.54) is 22.5 Å². The highest BCUT2D eigenvalue weighted by Crippen LogP contribution is 2.44. The Morgan fingerprint density at radius 3 is 2.44 bits per heavy atom. The van der Waals surface area contributed by atoms with E-state index in [0.29, 0.717) is 30.1 Å². The number of nitrogens with zero attached hydrogens (tertiary/aromatic N) is 2. The number of carbonyl (C=O) groups excluding carboxylic acids is 2. The van der Waals surface area contributed by atoms with Gasteiger partial charge in [0.1, 0.15) is 17.7 Å². The van der Waals surface area contributed by atoms with E-state index in [1.54, 1.807) is 11.8 Å². The number of thiophene rings is 1. The quantitative estimate of drug-likeness (QED) is 0.625. The summed E-state index contributed by atoms with van der Waals surface area (Å²) in [4.78, 5) is 27.0. The molecule has 6 nitrogen and oxygen atoms in total. The zero-order chi connectivity index (χ0) is 22.2. The number of fused-ring (bicyclic) bond motifs is 4. The Hall–Kier alpha value is -3.63. The number of nitrogens with one attached hydrogen (secondary N) is 1. The van der Waals surface area contributed by atoms with Gasteiger partial charge in [-0.2, -0.15) is 5.26 Å². The van der Waals surface area contributed by atoms with Crippen LogP contribution in [0.1, 0.15) is 40.0 Å². The van der Waals surface area contributed by atoms with Crippen molar-refractivity contribution in [2.24, 2.45) is 0 Å². The number of rotatable bonds is 3. The van der Waals surface area contributed by atoms with Crippen LogP contribution >= 0.6 is 11.3 Å². The minimum absolute atomic E-state index is 0.00797. The van der Waals surface area contributed by atoms with Crippen molar-refractivity contribution in [2.45, 2.75) is 25.8 Å². The number of hydrogen-bond acceptors (Lipinski definition) is 5. The van der Waals surface area contributed by atoms with Crippen molar-refractivity contribution in [3.05, 3.63) is 75.7 Å². The van der Waals surface area contributed by atoms with Gasteiger partial charge in [-0.1, -0.05) is 48.5 Å². The monoisotopic (exact) mass is 443 g/mol. The molecule has 0 radical (unpaired) electrons. The summed E-state index contributed by atoms with van der Waals surface area (Å²) in [5, 5.41) is 12.9. The van der Waals surface area contributed by atoms with Crippen LogP contribution in [-0.4, -0.2) is 30.1 Å². The lowest BCUT2D eigenvalue weighted by Crippen LogP contribution is -2.33. The Kier molecular flexibility index (Phi) is 5.16. The molecule has 2 heterocycles. The van der Waals surface area contributed by atoms with E-state index in [-0.39, 0.29) is 18.4 Å². The second-order valence-electron chi connectivity index (χ2n) is 7.96. The average Bonchev–Trinajstić information content (AvgIpc) is 3.31. The number of amides is 2. The molecule has 1 aliphatic heterocycles. The Balaban J connectivity index is 1.32.